The fourth-order valence-corrected chi connectivity index (χ4v) is 2.87. The maximum atomic E-state index is 14.8. The Bertz CT molecular complexity index is 1070. The highest BCUT2D eigenvalue weighted by molar-refractivity contribution is 5.92. The Morgan fingerprint density at radius 3 is 2.81 bits per heavy atom. The number of halogens is 1. The minimum Gasteiger partial charge on any atom is -0.423 e. The van der Waals surface area contributed by atoms with Gasteiger partial charge in [-0.3, -0.25) is 14.5 Å². The normalized spacial score (nSPS) is 15.1. The lowest BCUT2D eigenvalue weighted by Gasteiger charge is -2.20. The fourth-order valence-electron chi connectivity index (χ4n) is 2.87. The van der Waals surface area contributed by atoms with Crippen LogP contribution in [0.1, 0.15) is 6.92 Å². The van der Waals surface area contributed by atoms with Gasteiger partial charge in [-0.2, -0.15) is 0 Å². The van der Waals surface area contributed by atoms with Crippen molar-refractivity contribution >= 4 is 29.4 Å². The number of nitrogens with zero attached hydrogens (tertiary/aromatic N) is 6. The van der Waals surface area contributed by atoms with E-state index in [2.05, 4.69) is 20.3 Å². The third-order valence-corrected chi connectivity index (χ3v) is 4.61. The maximum absolute atomic E-state index is 14.8. The van der Waals surface area contributed by atoms with Crippen molar-refractivity contribution < 1.29 is 23.5 Å². The number of ether oxygens (including phenoxy) is 1. The smallest absolute Gasteiger partial charge is 0.416 e. The molecule has 0 unspecified atom stereocenters. The second-order valence-electron chi connectivity index (χ2n) is 6.61. The summed E-state index contributed by atoms with van der Waals surface area (Å²) in [6.45, 7) is 1.08. The van der Waals surface area contributed by atoms with Crippen molar-refractivity contribution in [2.75, 3.05) is 30.4 Å². The molecule has 1 saturated heterocycles. The van der Waals surface area contributed by atoms with Crippen molar-refractivity contribution in [2.24, 2.45) is 5.11 Å². The lowest BCUT2D eigenvalue weighted by atomic mass is 10.1. The third-order valence-electron chi connectivity index (χ3n) is 4.61. The maximum Gasteiger partial charge on any atom is 0.416 e. The standard InChI is InChI=1S/C19H18FN7O4/c1-11(28)26(2)18-10-27(19(30)31-18)13-4-5-14(15(20)7-13)12-3-6-16(22-8-12)24-17(29)9-23-25-21/h3-8,18H,9-10H2,1-2H3,(H,22,24,29)/t18-/m0/s1. The first-order valence-corrected chi connectivity index (χ1v) is 9.08. The number of azide groups is 1. The molecule has 31 heavy (non-hydrogen) atoms. The van der Waals surface area contributed by atoms with Crippen LogP contribution in [0.2, 0.25) is 0 Å². The Kier molecular flexibility index (Phi) is 6.32. The van der Waals surface area contributed by atoms with Crippen LogP contribution in [-0.2, 0) is 14.3 Å². The van der Waals surface area contributed by atoms with E-state index < -0.39 is 24.0 Å². The minimum absolute atomic E-state index is 0.0828. The molecule has 1 aliphatic rings. The van der Waals surface area contributed by atoms with Crippen LogP contribution < -0.4 is 10.2 Å². The molecule has 12 heteroatoms. The second kappa shape index (κ2) is 9.09. The molecule has 0 aliphatic carbocycles. The van der Waals surface area contributed by atoms with Crippen LogP contribution in [0, 0.1) is 5.82 Å². The summed E-state index contributed by atoms with van der Waals surface area (Å²) >= 11 is 0. The Labute approximate surface area is 176 Å². The monoisotopic (exact) mass is 427 g/mol. The van der Waals surface area contributed by atoms with Gasteiger partial charge in [0.1, 0.15) is 18.2 Å². The molecule has 1 N–H and O–H groups in total. The van der Waals surface area contributed by atoms with Gasteiger partial charge >= 0.3 is 6.09 Å². The summed E-state index contributed by atoms with van der Waals surface area (Å²) in [5.74, 6) is -1.15. The number of aromatic nitrogens is 1. The molecule has 0 spiro atoms. The van der Waals surface area contributed by atoms with Crippen molar-refractivity contribution in [1.29, 1.82) is 0 Å². The number of anilines is 2. The molecule has 160 valence electrons. The predicted octanol–water partition coefficient (Wildman–Crippen LogP) is 2.90. The zero-order valence-electron chi connectivity index (χ0n) is 16.6. The summed E-state index contributed by atoms with van der Waals surface area (Å²) in [7, 11) is 1.52. The zero-order valence-corrected chi connectivity index (χ0v) is 16.6. The van der Waals surface area contributed by atoms with E-state index in [1.165, 1.54) is 48.2 Å². The van der Waals surface area contributed by atoms with Crippen LogP contribution >= 0.6 is 0 Å². The first-order chi connectivity index (χ1) is 14.8. The van der Waals surface area contributed by atoms with E-state index in [1.807, 2.05) is 0 Å². The Balaban J connectivity index is 1.74. The van der Waals surface area contributed by atoms with E-state index in [4.69, 9.17) is 10.3 Å². The summed E-state index contributed by atoms with van der Waals surface area (Å²) in [4.78, 5) is 44.2. The van der Waals surface area contributed by atoms with Gasteiger partial charge < -0.3 is 15.0 Å². The molecule has 0 bridgehead atoms. The molecule has 1 fully saturated rings. The van der Waals surface area contributed by atoms with Crippen LogP contribution in [-0.4, -0.2) is 54.2 Å². The van der Waals surface area contributed by atoms with Gasteiger partial charge in [-0.05, 0) is 35.9 Å². The predicted molar refractivity (Wildman–Crippen MR) is 108 cm³/mol. The average Bonchev–Trinajstić information content (AvgIpc) is 3.13. The molecule has 1 atom stereocenters. The minimum atomic E-state index is -0.751. The van der Waals surface area contributed by atoms with E-state index in [9.17, 15) is 18.8 Å². The van der Waals surface area contributed by atoms with Gasteiger partial charge in [0.05, 0.1) is 12.2 Å². The van der Waals surface area contributed by atoms with Crippen molar-refractivity contribution in [3.05, 3.63) is 52.8 Å². The number of carbonyl (C=O) groups excluding carboxylic acids is 3. The van der Waals surface area contributed by atoms with Crippen molar-refractivity contribution in [3.8, 4) is 11.1 Å². The molecule has 0 saturated carbocycles. The number of cyclic esters (lactones) is 1. The van der Waals surface area contributed by atoms with Gasteiger partial charge in [-0.1, -0.05) is 5.11 Å². The molecule has 1 aromatic carbocycles. The van der Waals surface area contributed by atoms with Crippen LogP contribution in [0.5, 0.6) is 0 Å². The largest absolute Gasteiger partial charge is 0.423 e. The highest BCUT2D eigenvalue weighted by Gasteiger charge is 2.36. The van der Waals surface area contributed by atoms with Crippen LogP contribution in [0.3, 0.4) is 0 Å². The molecular weight excluding hydrogens is 409 g/mol. The highest BCUT2D eigenvalue weighted by atomic mass is 19.1. The Morgan fingerprint density at radius 1 is 1.42 bits per heavy atom. The summed E-state index contributed by atoms with van der Waals surface area (Å²) in [6.07, 6.45) is -0.0465. The number of carbonyl (C=O) groups is 3. The number of amides is 3. The second-order valence-corrected chi connectivity index (χ2v) is 6.61. The van der Waals surface area contributed by atoms with Crippen molar-refractivity contribution in [1.82, 2.24) is 9.88 Å². The van der Waals surface area contributed by atoms with Crippen molar-refractivity contribution in [3.63, 3.8) is 0 Å². The lowest BCUT2D eigenvalue weighted by molar-refractivity contribution is -0.134. The topological polar surface area (TPSA) is 141 Å². The molecule has 3 rings (SSSR count). The number of hydrogen-bond acceptors (Lipinski definition) is 6. The Hall–Kier alpha value is -4.18. The van der Waals surface area contributed by atoms with Gasteiger partial charge in [-0.25, -0.2) is 14.2 Å². The van der Waals surface area contributed by atoms with E-state index in [-0.39, 0.29) is 30.4 Å². The number of hydrogen-bond donors (Lipinski definition) is 1. The quantitative estimate of drug-likeness (QED) is 0.429. The lowest BCUT2D eigenvalue weighted by Crippen LogP contribution is -2.38. The number of rotatable bonds is 6. The summed E-state index contributed by atoms with van der Waals surface area (Å²) < 4.78 is 19.9. The molecule has 0 radical (unpaired) electrons. The molecule has 2 heterocycles. The zero-order chi connectivity index (χ0) is 22.5. The van der Waals surface area contributed by atoms with E-state index in [1.54, 1.807) is 12.1 Å². The molecule has 3 amide bonds. The van der Waals surface area contributed by atoms with E-state index in [0.717, 1.165) is 0 Å². The number of pyridine rings is 1. The van der Waals surface area contributed by atoms with Gasteiger partial charge in [0.2, 0.25) is 11.8 Å². The average molecular weight is 427 g/mol. The SMILES string of the molecule is CC(=O)N(C)[C@@H]1CN(c2ccc(-c3ccc(NC(=O)CN=[N+]=[N-])nc3)c(F)c2)C(=O)O1. The van der Waals surface area contributed by atoms with E-state index >= 15 is 0 Å². The van der Waals surface area contributed by atoms with Crippen LogP contribution in [0.15, 0.2) is 41.6 Å². The van der Waals surface area contributed by atoms with E-state index in [0.29, 0.717) is 11.3 Å². The van der Waals surface area contributed by atoms with Crippen molar-refractivity contribution in [2.45, 2.75) is 13.2 Å². The first-order valence-electron chi connectivity index (χ1n) is 9.08. The number of benzene rings is 1. The van der Waals surface area contributed by atoms with Crippen LogP contribution in [0.4, 0.5) is 20.7 Å². The van der Waals surface area contributed by atoms with Gasteiger partial charge in [0.25, 0.3) is 0 Å². The Morgan fingerprint density at radius 2 is 2.19 bits per heavy atom. The first kappa shape index (κ1) is 21.5. The molecule has 11 nitrogen and oxygen atoms in total. The summed E-state index contributed by atoms with van der Waals surface area (Å²) in [6, 6.07) is 7.30. The van der Waals surface area contributed by atoms with Gasteiger partial charge in [0.15, 0.2) is 6.23 Å². The third kappa shape index (κ3) is 4.87. The highest BCUT2D eigenvalue weighted by Crippen LogP contribution is 2.29. The number of likely N-dealkylation sites (N-methyl/N-ethyl adjacent to an activating group) is 1. The fraction of sp³-hybridized carbons (Fsp3) is 0.263. The molecule has 1 aliphatic heterocycles. The van der Waals surface area contributed by atoms with Crippen LogP contribution in [0.25, 0.3) is 21.6 Å². The summed E-state index contributed by atoms with van der Waals surface area (Å²) in [5, 5.41) is 5.60. The number of nitrogens with one attached hydrogen (secondary N) is 1. The summed E-state index contributed by atoms with van der Waals surface area (Å²) in [5.41, 5.74) is 9.20. The van der Waals surface area contributed by atoms with Gasteiger partial charge in [-0.15, -0.1) is 0 Å². The molecule has 2 aromatic rings. The van der Waals surface area contributed by atoms with Gasteiger partial charge in [0, 0.05) is 36.2 Å². The molecule has 1 aromatic heterocycles. The molecular formula is C19H18FN7O4.